The summed E-state index contributed by atoms with van der Waals surface area (Å²) in [5.74, 6) is -1.66. The predicted molar refractivity (Wildman–Crippen MR) is 69.8 cm³/mol. The van der Waals surface area contributed by atoms with E-state index in [1.165, 1.54) is 18.2 Å². The number of carbonyl (C=O) groups excluding carboxylic acids is 2. The Morgan fingerprint density at radius 1 is 1.65 bits per heavy atom. The van der Waals surface area contributed by atoms with Gasteiger partial charge in [-0.1, -0.05) is 17.7 Å². The van der Waals surface area contributed by atoms with Gasteiger partial charge in [0, 0.05) is 16.3 Å². The summed E-state index contributed by atoms with van der Waals surface area (Å²) >= 11 is 5.82. The van der Waals surface area contributed by atoms with Crippen LogP contribution in [0.3, 0.4) is 0 Å². The van der Waals surface area contributed by atoms with Gasteiger partial charge in [0.25, 0.3) is 5.91 Å². The van der Waals surface area contributed by atoms with E-state index in [1.54, 1.807) is 6.07 Å². The Hall–Kier alpha value is -2.57. The Labute approximate surface area is 119 Å². The molecule has 2 atom stereocenters. The lowest BCUT2D eigenvalue weighted by Gasteiger charge is -2.18. The van der Waals surface area contributed by atoms with Gasteiger partial charge >= 0.3 is 12.0 Å². The van der Waals surface area contributed by atoms with Crippen molar-refractivity contribution in [3.63, 3.8) is 0 Å². The first kappa shape index (κ1) is 13.9. The lowest BCUT2D eigenvalue weighted by molar-refractivity contribution is -0.143. The second-order valence-electron chi connectivity index (χ2n) is 4.12. The minimum absolute atomic E-state index is 0.251. The molecule has 0 saturated heterocycles. The average molecular weight is 290 g/mol. The van der Waals surface area contributed by atoms with Crippen molar-refractivity contribution in [3.05, 3.63) is 40.2 Å². The van der Waals surface area contributed by atoms with Crippen LogP contribution in [-0.2, 0) is 19.7 Å². The zero-order valence-corrected chi connectivity index (χ0v) is 11.1. The molecule has 1 aliphatic rings. The largest absolute Gasteiger partial charge is 0.463 e. The van der Waals surface area contributed by atoms with E-state index >= 15 is 0 Å². The molecule has 0 saturated carbocycles. The van der Waals surface area contributed by atoms with Crippen molar-refractivity contribution in [2.75, 3.05) is 12.4 Å². The molecule has 0 spiro atoms. The molecule has 0 aromatic heterocycles. The summed E-state index contributed by atoms with van der Waals surface area (Å²) in [5, 5.41) is 12.3. The molecular weight excluding hydrogens is 282 g/mol. The topological polar surface area (TPSA) is 83.6 Å². The fourth-order valence-electron chi connectivity index (χ4n) is 2.19. The third-order valence-electron chi connectivity index (χ3n) is 3.15. The van der Waals surface area contributed by atoms with E-state index in [0.717, 1.165) is 7.11 Å². The van der Waals surface area contributed by atoms with Crippen LogP contribution in [0.5, 0.6) is 0 Å². The Balaban J connectivity index is 2.69. The number of nitrogens with one attached hydrogen (secondary N) is 1. The fourth-order valence-corrected chi connectivity index (χ4v) is 2.36. The van der Waals surface area contributed by atoms with Crippen LogP contribution < -0.4 is 5.32 Å². The van der Waals surface area contributed by atoms with E-state index in [9.17, 15) is 14.9 Å². The summed E-state index contributed by atoms with van der Waals surface area (Å²) in [5.41, 5.74) is -1.35. The molecule has 1 heterocycles. The van der Waals surface area contributed by atoms with Crippen LogP contribution in [0.1, 0.15) is 5.56 Å². The zero-order valence-electron chi connectivity index (χ0n) is 10.3. The molecule has 1 aromatic rings. The highest BCUT2D eigenvalue weighted by molar-refractivity contribution is 6.31. The highest BCUT2D eigenvalue weighted by atomic mass is 35.5. The maximum absolute atomic E-state index is 12.2. The van der Waals surface area contributed by atoms with Crippen molar-refractivity contribution in [1.82, 2.24) is 0 Å². The van der Waals surface area contributed by atoms with Gasteiger partial charge < -0.3 is 10.1 Å². The Bertz CT molecular complexity index is 689. The summed E-state index contributed by atoms with van der Waals surface area (Å²) in [4.78, 5) is 27.0. The quantitative estimate of drug-likeness (QED) is 0.661. The molecule has 1 N–H and O–H groups in total. The fraction of sp³-hybridized carbons (Fsp3) is 0.231. The summed E-state index contributed by atoms with van der Waals surface area (Å²) in [6, 6.07) is 4.64. The first-order chi connectivity index (χ1) is 9.51. The lowest BCUT2D eigenvalue weighted by Crippen LogP contribution is -2.47. The van der Waals surface area contributed by atoms with Crippen molar-refractivity contribution in [2.24, 2.45) is 0 Å². The van der Waals surface area contributed by atoms with E-state index < -0.39 is 23.3 Å². The first-order valence-electron chi connectivity index (χ1n) is 5.48. The van der Waals surface area contributed by atoms with E-state index in [-0.39, 0.29) is 5.56 Å². The summed E-state index contributed by atoms with van der Waals surface area (Å²) < 4.78 is 4.52. The zero-order chi connectivity index (χ0) is 14.9. The van der Waals surface area contributed by atoms with Crippen LogP contribution >= 0.6 is 11.6 Å². The Kier molecular flexibility index (Phi) is 3.35. The van der Waals surface area contributed by atoms with E-state index in [2.05, 4.69) is 14.9 Å². The second-order valence-corrected chi connectivity index (χ2v) is 4.56. The molecule has 6 nitrogen and oxygen atoms in total. The van der Waals surface area contributed by atoms with Gasteiger partial charge in [-0.05, 0) is 12.1 Å². The van der Waals surface area contributed by atoms with Crippen molar-refractivity contribution < 1.29 is 14.3 Å². The number of esters is 1. The monoisotopic (exact) mass is 289 g/mol. The van der Waals surface area contributed by atoms with E-state index in [0.29, 0.717) is 10.7 Å². The lowest BCUT2D eigenvalue weighted by atomic mass is 9.76. The molecule has 0 fully saturated rings. The maximum atomic E-state index is 12.2. The van der Waals surface area contributed by atoms with Gasteiger partial charge in [-0.25, -0.2) is 11.4 Å². The number of methoxy groups -OCH3 is 1. The number of fused-ring (bicyclic) bond motifs is 1. The minimum Gasteiger partial charge on any atom is -0.463 e. The number of amides is 1. The number of carbonyl (C=O) groups is 2. The van der Waals surface area contributed by atoms with E-state index in [4.69, 9.17) is 18.2 Å². The Morgan fingerprint density at radius 2 is 2.35 bits per heavy atom. The van der Waals surface area contributed by atoms with Gasteiger partial charge in [-0.2, -0.15) is 5.26 Å². The van der Waals surface area contributed by atoms with Gasteiger partial charge in [-0.3, -0.25) is 9.64 Å². The summed E-state index contributed by atoms with van der Waals surface area (Å²) in [6.07, 6.45) is 0. The minimum atomic E-state index is -1.92. The van der Waals surface area contributed by atoms with Crippen molar-refractivity contribution in [1.29, 1.82) is 5.26 Å². The second kappa shape index (κ2) is 4.84. The molecule has 0 bridgehead atoms. The predicted octanol–water partition coefficient (Wildman–Crippen LogP) is 1.51. The molecule has 0 radical (unpaired) electrons. The van der Waals surface area contributed by atoms with Crippen molar-refractivity contribution in [2.45, 2.75) is 11.5 Å². The number of hydrogen-bond donors (Lipinski definition) is 1. The normalized spacial score (nSPS) is 21.1. The molecule has 0 aliphatic carbocycles. The average Bonchev–Trinajstić information content (AvgIpc) is 2.71. The van der Waals surface area contributed by atoms with Crippen molar-refractivity contribution in [3.8, 4) is 6.07 Å². The SMILES string of the molecule is [C-]#[N+]C(C(=O)OC)C1(C#N)C(=O)Nc2cc(Cl)ccc21. The number of ether oxygens (including phenoxy) is 1. The summed E-state index contributed by atoms with van der Waals surface area (Å²) in [6.45, 7) is 7.13. The smallest absolute Gasteiger partial charge is 0.392 e. The number of nitriles is 1. The van der Waals surface area contributed by atoms with E-state index in [1.807, 2.05) is 0 Å². The highest BCUT2D eigenvalue weighted by Gasteiger charge is 2.61. The molecule has 7 heteroatoms. The first-order valence-corrected chi connectivity index (χ1v) is 5.86. The molecule has 2 unspecified atom stereocenters. The molecular formula is C13H8ClN3O3. The van der Waals surface area contributed by atoms with Crippen LogP contribution in [-0.4, -0.2) is 25.0 Å². The standard InChI is InChI=1S/C13H8ClN3O3/c1-16-10(11(18)20-2)13(6-15)8-4-3-7(14)5-9(8)17-12(13)19/h3-5,10H,2H3,(H,17,19). The van der Waals surface area contributed by atoms with Gasteiger partial charge in [0.2, 0.25) is 5.41 Å². The van der Waals surface area contributed by atoms with Crippen molar-refractivity contribution >= 4 is 29.2 Å². The van der Waals surface area contributed by atoms with Gasteiger partial charge in [0.05, 0.1) is 13.2 Å². The Morgan fingerprint density at radius 3 is 2.90 bits per heavy atom. The number of nitrogens with zero attached hydrogens (tertiary/aromatic N) is 2. The number of anilines is 1. The number of rotatable bonds is 2. The maximum Gasteiger partial charge on any atom is 0.392 e. The number of benzene rings is 1. The van der Waals surface area contributed by atoms with Crippen LogP contribution in [0, 0.1) is 17.9 Å². The molecule has 100 valence electrons. The van der Waals surface area contributed by atoms with Gasteiger partial charge in [0.1, 0.15) is 0 Å². The van der Waals surface area contributed by atoms with Crippen LogP contribution in [0.2, 0.25) is 5.02 Å². The van der Waals surface area contributed by atoms with Crippen LogP contribution in [0.25, 0.3) is 4.85 Å². The number of halogens is 1. The third kappa shape index (κ3) is 1.70. The summed E-state index contributed by atoms with van der Waals surface area (Å²) in [7, 11) is 1.10. The highest BCUT2D eigenvalue weighted by Crippen LogP contribution is 2.42. The third-order valence-corrected chi connectivity index (χ3v) is 3.39. The molecule has 1 aromatic carbocycles. The molecule has 2 rings (SSSR count). The molecule has 20 heavy (non-hydrogen) atoms. The van der Waals surface area contributed by atoms with Gasteiger partial charge in [-0.15, -0.1) is 0 Å². The molecule has 1 amide bonds. The van der Waals surface area contributed by atoms with Crippen LogP contribution in [0.4, 0.5) is 5.69 Å². The molecule has 1 aliphatic heterocycles. The van der Waals surface area contributed by atoms with Gasteiger partial charge in [0.15, 0.2) is 0 Å². The number of hydrogen-bond acceptors (Lipinski definition) is 4. The van der Waals surface area contributed by atoms with Crippen LogP contribution in [0.15, 0.2) is 18.2 Å².